The van der Waals surface area contributed by atoms with Gasteiger partial charge >= 0.3 is 10.4 Å². The Morgan fingerprint density at radius 2 is 2.29 bits per heavy atom. The van der Waals surface area contributed by atoms with Crippen LogP contribution in [0, 0.1) is 0 Å². The lowest BCUT2D eigenvalue weighted by molar-refractivity contribution is 0.316. The highest BCUT2D eigenvalue weighted by Gasteiger charge is 2.23. The van der Waals surface area contributed by atoms with Crippen molar-refractivity contribution in [3.8, 4) is 5.75 Å². The van der Waals surface area contributed by atoms with Crippen LogP contribution in [0.1, 0.15) is 24.4 Å². The van der Waals surface area contributed by atoms with Crippen LogP contribution in [0.3, 0.4) is 0 Å². The second kappa shape index (κ2) is 4.59. The molecule has 94 valence electrons. The van der Waals surface area contributed by atoms with Crippen molar-refractivity contribution >= 4 is 10.4 Å². The van der Waals surface area contributed by atoms with E-state index in [2.05, 4.69) is 14.1 Å². The van der Waals surface area contributed by atoms with Gasteiger partial charge in [0.2, 0.25) is 0 Å². The highest BCUT2D eigenvalue weighted by molar-refractivity contribution is 7.81. The number of pyridine rings is 1. The van der Waals surface area contributed by atoms with Crippen molar-refractivity contribution in [3.05, 3.63) is 24.0 Å². The van der Waals surface area contributed by atoms with Crippen molar-refractivity contribution in [2.24, 2.45) is 0 Å². The van der Waals surface area contributed by atoms with Crippen molar-refractivity contribution in [1.82, 2.24) is 9.88 Å². The van der Waals surface area contributed by atoms with E-state index in [1.807, 2.05) is 7.05 Å². The highest BCUT2D eigenvalue weighted by atomic mass is 32.3. The van der Waals surface area contributed by atoms with E-state index in [4.69, 9.17) is 4.55 Å². The van der Waals surface area contributed by atoms with Gasteiger partial charge in [0.05, 0.1) is 6.20 Å². The Kier molecular flexibility index (Phi) is 3.32. The molecule has 1 aliphatic heterocycles. The van der Waals surface area contributed by atoms with Gasteiger partial charge in [-0.2, -0.15) is 8.42 Å². The summed E-state index contributed by atoms with van der Waals surface area (Å²) in [6.07, 6.45) is 5.05. The van der Waals surface area contributed by atoms with E-state index in [1.165, 1.54) is 6.20 Å². The predicted octanol–water partition coefficient (Wildman–Crippen LogP) is 1.03. The number of hydrogen-bond donors (Lipinski definition) is 1. The Hall–Kier alpha value is -1.18. The van der Waals surface area contributed by atoms with E-state index < -0.39 is 10.4 Å². The van der Waals surface area contributed by atoms with Gasteiger partial charge in [0, 0.05) is 12.2 Å². The molecule has 0 spiro atoms. The largest absolute Gasteiger partial charge is 0.446 e. The number of aromatic nitrogens is 1. The van der Waals surface area contributed by atoms with E-state index in [-0.39, 0.29) is 11.8 Å². The van der Waals surface area contributed by atoms with Crippen LogP contribution in [0.15, 0.2) is 18.5 Å². The summed E-state index contributed by atoms with van der Waals surface area (Å²) in [5.41, 5.74) is 0.895. The molecule has 0 bridgehead atoms. The number of rotatable bonds is 3. The third-order valence-corrected chi connectivity index (χ3v) is 3.24. The molecular formula is C10H14N2O4S. The lowest BCUT2D eigenvalue weighted by Gasteiger charge is -2.19. The van der Waals surface area contributed by atoms with E-state index >= 15 is 0 Å². The van der Waals surface area contributed by atoms with E-state index in [0.29, 0.717) is 0 Å². The molecule has 1 unspecified atom stereocenters. The summed E-state index contributed by atoms with van der Waals surface area (Å²) in [5.74, 6) is 0.0327. The molecule has 2 heterocycles. The molecule has 7 heteroatoms. The molecular weight excluding hydrogens is 244 g/mol. The second-order valence-electron chi connectivity index (χ2n) is 4.10. The van der Waals surface area contributed by atoms with Gasteiger partial charge in [-0.25, -0.2) is 0 Å². The van der Waals surface area contributed by atoms with Crippen molar-refractivity contribution < 1.29 is 17.2 Å². The monoisotopic (exact) mass is 258 g/mol. The van der Waals surface area contributed by atoms with Crippen LogP contribution in [0.5, 0.6) is 5.75 Å². The molecule has 0 radical (unpaired) electrons. The van der Waals surface area contributed by atoms with Crippen molar-refractivity contribution in [3.63, 3.8) is 0 Å². The molecule has 1 fully saturated rings. The lowest BCUT2D eigenvalue weighted by Crippen LogP contribution is -2.17. The van der Waals surface area contributed by atoms with E-state index in [0.717, 1.165) is 24.9 Å². The van der Waals surface area contributed by atoms with Crippen LogP contribution in [-0.2, 0) is 10.4 Å². The molecule has 1 aliphatic rings. The standard InChI is InChI=1S/C10H14N2O4S/c1-12-4-2-3-10(12)8-5-9(7-11-6-8)16-17(13,14)15/h5-7,10H,2-4H2,1H3,(H,13,14,15). The smallest absolute Gasteiger partial charge is 0.360 e. The molecule has 1 N–H and O–H groups in total. The molecule has 0 amide bonds. The van der Waals surface area contributed by atoms with Crippen molar-refractivity contribution in [2.75, 3.05) is 13.6 Å². The van der Waals surface area contributed by atoms with Gasteiger partial charge in [0.15, 0.2) is 5.75 Å². The zero-order valence-electron chi connectivity index (χ0n) is 9.41. The average Bonchev–Trinajstić information content (AvgIpc) is 2.62. The van der Waals surface area contributed by atoms with Crippen molar-refractivity contribution in [1.29, 1.82) is 0 Å². The molecule has 0 aliphatic carbocycles. The highest BCUT2D eigenvalue weighted by Crippen LogP contribution is 2.31. The molecule has 0 aromatic carbocycles. The Balaban J connectivity index is 2.22. The summed E-state index contributed by atoms with van der Waals surface area (Å²) in [5, 5.41) is 0. The van der Waals surface area contributed by atoms with Gasteiger partial charge in [-0.1, -0.05) is 0 Å². The zero-order chi connectivity index (χ0) is 12.5. The maximum Gasteiger partial charge on any atom is 0.446 e. The summed E-state index contributed by atoms with van der Waals surface area (Å²) in [6, 6.07) is 1.82. The number of nitrogens with zero attached hydrogens (tertiary/aromatic N) is 2. The van der Waals surface area contributed by atoms with Crippen LogP contribution >= 0.6 is 0 Å². The molecule has 1 saturated heterocycles. The first-order chi connectivity index (χ1) is 7.96. The first-order valence-electron chi connectivity index (χ1n) is 5.28. The van der Waals surface area contributed by atoms with Crippen LogP contribution < -0.4 is 4.18 Å². The third-order valence-electron chi connectivity index (χ3n) is 2.84. The van der Waals surface area contributed by atoms with Gasteiger partial charge < -0.3 is 4.18 Å². The Labute approximate surface area is 100 Å². The fourth-order valence-electron chi connectivity index (χ4n) is 2.12. The Morgan fingerprint density at radius 1 is 1.53 bits per heavy atom. The molecule has 1 atom stereocenters. The maximum atomic E-state index is 10.6. The summed E-state index contributed by atoms with van der Waals surface area (Å²) >= 11 is 0. The third kappa shape index (κ3) is 3.15. The van der Waals surface area contributed by atoms with E-state index in [9.17, 15) is 8.42 Å². The summed E-state index contributed by atoms with van der Waals surface area (Å²) in [7, 11) is -2.48. The van der Waals surface area contributed by atoms with Crippen LogP contribution in [0.4, 0.5) is 0 Å². The summed E-state index contributed by atoms with van der Waals surface area (Å²) in [6.45, 7) is 1.01. The molecule has 2 rings (SSSR count). The van der Waals surface area contributed by atoms with Gasteiger partial charge in [0.1, 0.15) is 0 Å². The van der Waals surface area contributed by atoms with Crippen LogP contribution in [0.25, 0.3) is 0 Å². The normalized spacial score (nSPS) is 21.6. The molecule has 17 heavy (non-hydrogen) atoms. The molecule has 0 saturated carbocycles. The molecule has 1 aromatic heterocycles. The van der Waals surface area contributed by atoms with Gasteiger partial charge in [-0.15, -0.1) is 0 Å². The minimum Gasteiger partial charge on any atom is -0.360 e. The zero-order valence-corrected chi connectivity index (χ0v) is 10.2. The van der Waals surface area contributed by atoms with E-state index in [1.54, 1.807) is 12.3 Å². The quantitative estimate of drug-likeness (QED) is 0.816. The van der Waals surface area contributed by atoms with Crippen LogP contribution in [-0.4, -0.2) is 36.4 Å². The van der Waals surface area contributed by atoms with Gasteiger partial charge in [-0.05, 0) is 38.1 Å². The van der Waals surface area contributed by atoms with Crippen LogP contribution in [0.2, 0.25) is 0 Å². The number of likely N-dealkylation sites (tertiary alicyclic amines) is 1. The summed E-state index contributed by atoms with van der Waals surface area (Å²) < 4.78 is 34.2. The first-order valence-corrected chi connectivity index (χ1v) is 6.64. The first kappa shape index (κ1) is 12.3. The van der Waals surface area contributed by atoms with Gasteiger partial charge in [-0.3, -0.25) is 14.4 Å². The fraction of sp³-hybridized carbons (Fsp3) is 0.500. The maximum absolute atomic E-state index is 10.6. The minimum absolute atomic E-state index is 0.0327. The topological polar surface area (TPSA) is 79.7 Å². The minimum atomic E-state index is -4.48. The average molecular weight is 258 g/mol. The number of hydrogen-bond acceptors (Lipinski definition) is 5. The lowest BCUT2D eigenvalue weighted by atomic mass is 10.1. The molecule has 6 nitrogen and oxygen atoms in total. The van der Waals surface area contributed by atoms with Crippen molar-refractivity contribution in [2.45, 2.75) is 18.9 Å². The van der Waals surface area contributed by atoms with Gasteiger partial charge in [0.25, 0.3) is 0 Å². The Morgan fingerprint density at radius 3 is 2.88 bits per heavy atom. The molecule has 1 aromatic rings. The summed E-state index contributed by atoms with van der Waals surface area (Å²) in [4.78, 5) is 6.10. The Bertz CT molecular complexity index is 503. The second-order valence-corrected chi connectivity index (χ2v) is 5.13. The fourth-order valence-corrected chi connectivity index (χ4v) is 2.45. The SMILES string of the molecule is CN1CCCC1c1cncc(OS(=O)(=O)O)c1. The predicted molar refractivity (Wildman–Crippen MR) is 61.0 cm³/mol.